The minimum atomic E-state index is -1.63. The Morgan fingerprint density at radius 3 is 1.38 bits per heavy atom. The van der Waals surface area contributed by atoms with Gasteiger partial charge in [0.1, 0.15) is 24.4 Å². The van der Waals surface area contributed by atoms with E-state index in [0.29, 0.717) is 12.8 Å². The average Bonchev–Trinajstić information content (AvgIpc) is 3.48. The summed E-state index contributed by atoms with van der Waals surface area (Å²) in [6, 6.07) is -1.04. The van der Waals surface area contributed by atoms with Crippen LogP contribution in [0, 0.1) is 0 Å². The van der Waals surface area contributed by atoms with Crippen molar-refractivity contribution in [3.05, 3.63) is 109 Å². The molecule has 458 valence electrons. The highest BCUT2D eigenvalue weighted by Gasteiger charge is 2.47. The summed E-state index contributed by atoms with van der Waals surface area (Å²) in [5, 5.41) is 57.0. The maximum Gasteiger partial charge on any atom is 0.306 e. The predicted molar refractivity (Wildman–Crippen MR) is 333 cm³/mol. The van der Waals surface area contributed by atoms with Crippen molar-refractivity contribution in [3.63, 3.8) is 0 Å². The lowest BCUT2D eigenvalue weighted by molar-refractivity contribution is -0.305. The van der Waals surface area contributed by atoms with E-state index < -0.39 is 67.4 Å². The lowest BCUT2D eigenvalue weighted by Gasteiger charge is -2.41. The van der Waals surface area contributed by atoms with Gasteiger partial charge in [0, 0.05) is 6.42 Å². The molecule has 1 fully saturated rings. The second kappa shape index (κ2) is 55.8. The van der Waals surface area contributed by atoms with Crippen molar-refractivity contribution in [2.24, 2.45) is 0 Å². The largest absolute Gasteiger partial charge is 0.454 e. The molecule has 0 saturated carbocycles. The van der Waals surface area contributed by atoms with Crippen LogP contribution in [-0.2, 0) is 23.8 Å². The van der Waals surface area contributed by atoms with Crippen LogP contribution in [0.25, 0.3) is 0 Å². The van der Waals surface area contributed by atoms with Gasteiger partial charge in [0.15, 0.2) is 12.4 Å². The van der Waals surface area contributed by atoms with Gasteiger partial charge in [-0.25, -0.2) is 0 Å². The van der Waals surface area contributed by atoms with Gasteiger partial charge < -0.3 is 45.1 Å². The van der Waals surface area contributed by atoms with Crippen LogP contribution in [0.1, 0.15) is 252 Å². The van der Waals surface area contributed by atoms with Crippen LogP contribution in [-0.4, -0.2) is 99.6 Å². The number of aliphatic hydroxyl groups excluding tert-OH is 5. The van der Waals surface area contributed by atoms with Crippen molar-refractivity contribution in [1.82, 2.24) is 5.32 Å². The molecule has 1 rings (SSSR count). The van der Waals surface area contributed by atoms with Gasteiger partial charge in [-0.15, -0.1) is 0 Å². The molecular formula is C69H117NO10. The fourth-order valence-electron chi connectivity index (χ4n) is 9.33. The number of allylic oxidation sites excluding steroid dienone is 17. The zero-order valence-corrected chi connectivity index (χ0v) is 50.7. The number of ether oxygens (including phenoxy) is 3. The molecule has 8 unspecified atom stereocenters. The number of nitrogens with one attached hydrogen (secondary N) is 1. The lowest BCUT2D eigenvalue weighted by atomic mass is 9.99. The molecule has 1 aliphatic heterocycles. The molecule has 1 saturated heterocycles. The summed E-state index contributed by atoms with van der Waals surface area (Å²) in [6.07, 6.45) is 65.4. The Morgan fingerprint density at radius 1 is 0.500 bits per heavy atom. The van der Waals surface area contributed by atoms with Crippen molar-refractivity contribution < 1.29 is 49.3 Å². The van der Waals surface area contributed by atoms with Crippen molar-refractivity contribution >= 4 is 11.9 Å². The standard InChI is InChI=1S/C69H117NO10/c1-4-7-10-13-16-19-22-25-27-29-30-31-32-33-34-35-37-39-42-45-48-51-54-57-64(74)80-67-66(76)65(75)63(58-71)79-69(67)78-59-60(61(72)55-52-49-46-43-40-24-21-18-15-12-9-6-3)70-68(77)62(73)56-53-50-47-44-41-38-36-28-26-23-20-17-14-11-8-5-2/h7,10,16-17,19-20,25-28,30-31,33-34,37,39,52,55,60-63,65-67,69,71-73,75-76H,4-6,8-9,11-15,18,21-24,29,32,35-36,38,40-51,53-54,56-59H2,1-3H3,(H,70,77)/b10-7-,19-16-,20-17-,27-25-,28-26-,31-30-,34-33-,39-37-,55-52+. The van der Waals surface area contributed by atoms with Crippen LogP contribution in [0.3, 0.4) is 0 Å². The predicted octanol–water partition coefficient (Wildman–Crippen LogP) is 15.7. The highest BCUT2D eigenvalue weighted by Crippen LogP contribution is 2.26. The molecule has 11 heteroatoms. The summed E-state index contributed by atoms with van der Waals surface area (Å²) in [7, 11) is 0. The number of hydrogen-bond donors (Lipinski definition) is 6. The maximum atomic E-state index is 13.4. The number of hydrogen-bond acceptors (Lipinski definition) is 10. The van der Waals surface area contributed by atoms with Crippen molar-refractivity contribution in [3.8, 4) is 0 Å². The molecule has 6 N–H and O–H groups in total. The van der Waals surface area contributed by atoms with E-state index >= 15 is 0 Å². The molecule has 1 amide bonds. The van der Waals surface area contributed by atoms with Gasteiger partial charge in [-0.05, 0) is 109 Å². The summed E-state index contributed by atoms with van der Waals surface area (Å²) in [5.41, 5.74) is 0. The van der Waals surface area contributed by atoms with Crippen LogP contribution in [0.2, 0.25) is 0 Å². The highest BCUT2D eigenvalue weighted by atomic mass is 16.7. The molecule has 0 aromatic rings. The number of aliphatic hydroxyl groups is 5. The Bertz CT molecular complexity index is 1710. The quantitative estimate of drug-likeness (QED) is 0.0195. The van der Waals surface area contributed by atoms with Crippen molar-refractivity contribution in [2.45, 2.75) is 301 Å². The molecule has 0 bridgehead atoms. The Labute approximate surface area is 488 Å². The van der Waals surface area contributed by atoms with Gasteiger partial charge in [-0.2, -0.15) is 0 Å². The average molecular weight is 1120 g/mol. The number of rotatable bonds is 53. The smallest absolute Gasteiger partial charge is 0.306 e. The normalized spacial score (nSPS) is 19.5. The van der Waals surface area contributed by atoms with Gasteiger partial charge >= 0.3 is 5.97 Å². The first-order valence-electron chi connectivity index (χ1n) is 32.2. The zero-order valence-electron chi connectivity index (χ0n) is 50.7. The van der Waals surface area contributed by atoms with Gasteiger partial charge in [0.2, 0.25) is 5.91 Å². The maximum absolute atomic E-state index is 13.4. The van der Waals surface area contributed by atoms with Crippen molar-refractivity contribution in [2.75, 3.05) is 13.2 Å². The minimum Gasteiger partial charge on any atom is -0.454 e. The second-order valence-electron chi connectivity index (χ2n) is 21.8. The molecule has 1 aliphatic rings. The number of carbonyl (C=O) groups excluding carboxylic acids is 2. The molecular weight excluding hydrogens is 1000 g/mol. The fourth-order valence-corrected chi connectivity index (χ4v) is 9.33. The second-order valence-corrected chi connectivity index (χ2v) is 21.8. The van der Waals surface area contributed by atoms with Gasteiger partial charge in [0.05, 0.1) is 25.4 Å². The summed E-state index contributed by atoms with van der Waals surface area (Å²) >= 11 is 0. The number of amides is 1. The molecule has 0 aromatic heterocycles. The Balaban J connectivity index is 2.68. The molecule has 80 heavy (non-hydrogen) atoms. The fraction of sp³-hybridized carbons (Fsp3) is 0.710. The molecule has 0 radical (unpaired) electrons. The van der Waals surface area contributed by atoms with E-state index in [9.17, 15) is 35.1 Å². The third-order valence-electron chi connectivity index (χ3n) is 14.4. The van der Waals surface area contributed by atoms with Crippen LogP contribution >= 0.6 is 0 Å². The first-order valence-corrected chi connectivity index (χ1v) is 32.2. The number of carbonyl (C=O) groups is 2. The Kier molecular flexibility index (Phi) is 51.9. The molecule has 1 heterocycles. The van der Waals surface area contributed by atoms with Gasteiger partial charge in [-0.1, -0.05) is 246 Å². The molecule has 11 nitrogen and oxygen atoms in total. The third-order valence-corrected chi connectivity index (χ3v) is 14.4. The highest BCUT2D eigenvalue weighted by molar-refractivity contribution is 5.80. The van der Waals surface area contributed by atoms with Crippen molar-refractivity contribution in [1.29, 1.82) is 0 Å². The van der Waals surface area contributed by atoms with Crippen LogP contribution in [0.4, 0.5) is 0 Å². The topological polar surface area (TPSA) is 175 Å². The van der Waals surface area contributed by atoms with E-state index in [2.05, 4.69) is 123 Å². The Hall–Kier alpha value is -3.68. The van der Waals surface area contributed by atoms with E-state index in [4.69, 9.17) is 14.2 Å². The number of esters is 1. The van der Waals surface area contributed by atoms with E-state index in [1.165, 1.54) is 70.6 Å². The first-order chi connectivity index (χ1) is 39.2. The molecule has 0 aliphatic carbocycles. The molecule has 8 atom stereocenters. The van der Waals surface area contributed by atoms with E-state index in [1.54, 1.807) is 6.08 Å². The number of unbranched alkanes of at least 4 members (excludes halogenated alkanes) is 23. The van der Waals surface area contributed by atoms with Crippen LogP contribution < -0.4 is 5.32 Å². The third kappa shape index (κ3) is 43.1. The van der Waals surface area contributed by atoms with E-state index in [0.717, 1.165) is 135 Å². The summed E-state index contributed by atoms with van der Waals surface area (Å²) in [6.45, 7) is 5.63. The molecule has 0 spiro atoms. The van der Waals surface area contributed by atoms with E-state index in [-0.39, 0.29) is 19.4 Å². The molecule has 0 aromatic carbocycles. The Morgan fingerprint density at radius 2 is 0.900 bits per heavy atom. The first kappa shape index (κ1) is 74.3. The SMILES string of the molecule is CC/C=C\C/C=C\C/C=C\C/C=C\C/C=C\C/C=C\CCCCCCC(=O)OC1C(OCC(NC(=O)C(O)CCCCCCCC/C=C\C/C=C\CCCCC)C(O)/C=C/CCCCCCCCCCCC)OC(CO)C(O)C1O. The summed E-state index contributed by atoms with van der Waals surface area (Å²) < 4.78 is 17.6. The van der Waals surface area contributed by atoms with Gasteiger partial charge in [0.25, 0.3) is 0 Å². The summed E-state index contributed by atoms with van der Waals surface area (Å²) in [4.78, 5) is 26.6. The zero-order chi connectivity index (χ0) is 58.2. The van der Waals surface area contributed by atoms with Crippen LogP contribution in [0.15, 0.2) is 109 Å². The minimum absolute atomic E-state index is 0.0870. The monoisotopic (exact) mass is 1120 g/mol. The van der Waals surface area contributed by atoms with Gasteiger partial charge in [-0.3, -0.25) is 9.59 Å². The lowest BCUT2D eigenvalue weighted by Crippen LogP contribution is -2.61. The summed E-state index contributed by atoms with van der Waals surface area (Å²) in [5.74, 6) is -1.23. The van der Waals surface area contributed by atoms with E-state index in [1.807, 2.05) is 6.08 Å². The van der Waals surface area contributed by atoms with Crippen LogP contribution in [0.5, 0.6) is 0 Å².